The van der Waals surface area contributed by atoms with Gasteiger partial charge >= 0.3 is 0 Å². The summed E-state index contributed by atoms with van der Waals surface area (Å²) >= 11 is 3.10. The molecule has 0 heterocycles. The van der Waals surface area contributed by atoms with Crippen LogP contribution >= 0.6 is 15.9 Å². The number of hydrogen-bond donors (Lipinski definition) is 1. The average molecular weight is 310 g/mol. The first-order chi connectivity index (χ1) is 8.60. The molecule has 4 heteroatoms. The van der Waals surface area contributed by atoms with Crippen LogP contribution in [0.2, 0.25) is 0 Å². The smallest absolute Gasteiger partial charge is 0.141 e. The summed E-state index contributed by atoms with van der Waals surface area (Å²) in [5, 5.41) is 0. The van der Waals surface area contributed by atoms with Crippen molar-refractivity contribution in [2.75, 3.05) is 0 Å². The number of aryl methyl sites for hydroxylation is 1. The van der Waals surface area contributed by atoms with Crippen molar-refractivity contribution < 1.29 is 9.13 Å². The number of halogens is 2. The molecule has 0 aliphatic carbocycles. The van der Waals surface area contributed by atoms with Gasteiger partial charge in [-0.3, -0.25) is 0 Å². The third kappa shape index (κ3) is 2.89. The molecule has 0 spiro atoms. The molecular weight excluding hydrogens is 297 g/mol. The molecule has 0 aromatic heterocycles. The molecule has 0 saturated heterocycles. The largest absolute Gasteiger partial charge is 0.457 e. The first-order valence-corrected chi connectivity index (χ1v) is 6.32. The van der Waals surface area contributed by atoms with Crippen molar-refractivity contribution in [3.8, 4) is 11.5 Å². The highest BCUT2D eigenvalue weighted by atomic mass is 79.9. The van der Waals surface area contributed by atoms with Crippen LogP contribution in [0.15, 0.2) is 40.9 Å². The molecule has 94 valence electrons. The Labute approximate surface area is 114 Å². The summed E-state index contributed by atoms with van der Waals surface area (Å²) in [6.45, 7) is 2.39. The molecule has 2 nitrogen and oxygen atoms in total. The Morgan fingerprint density at radius 3 is 2.67 bits per heavy atom. The van der Waals surface area contributed by atoms with Crippen molar-refractivity contribution in [1.29, 1.82) is 0 Å². The fraction of sp³-hybridized carbons (Fsp3) is 0.143. The predicted molar refractivity (Wildman–Crippen MR) is 73.2 cm³/mol. The Balaban J connectivity index is 2.30. The molecule has 2 rings (SSSR count). The molecule has 0 unspecified atom stereocenters. The molecule has 0 atom stereocenters. The van der Waals surface area contributed by atoms with Crippen molar-refractivity contribution in [3.05, 3.63) is 57.8 Å². The summed E-state index contributed by atoms with van der Waals surface area (Å²) < 4.78 is 19.5. The number of benzene rings is 2. The molecule has 2 aromatic rings. The first-order valence-electron chi connectivity index (χ1n) is 5.52. The minimum absolute atomic E-state index is 0.347. The van der Waals surface area contributed by atoms with Crippen molar-refractivity contribution in [2.24, 2.45) is 5.73 Å². The molecule has 0 fully saturated rings. The topological polar surface area (TPSA) is 35.2 Å². The molecular formula is C14H13BrFNO. The molecule has 18 heavy (non-hydrogen) atoms. The van der Waals surface area contributed by atoms with Crippen LogP contribution in [0.25, 0.3) is 0 Å². The number of nitrogens with two attached hydrogens (primary N) is 1. The van der Waals surface area contributed by atoms with Gasteiger partial charge in [-0.05, 0) is 52.2 Å². The zero-order chi connectivity index (χ0) is 13.1. The standard InChI is InChI=1S/C14H13BrFNO/c1-9-2-3-10(8-17)6-14(9)18-11-4-5-12(15)13(16)7-11/h2-7H,8,17H2,1H3. The SMILES string of the molecule is Cc1ccc(CN)cc1Oc1ccc(Br)c(F)c1. The number of ether oxygens (including phenoxy) is 1. The third-order valence-electron chi connectivity index (χ3n) is 2.61. The van der Waals surface area contributed by atoms with Crippen LogP contribution in [-0.4, -0.2) is 0 Å². The third-order valence-corrected chi connectivity index (χ3v) is 3.25. The monoisotopic (exact) mass is 309 g/mol. The van der Waals surface area contributed by atoms with E-state index in [0.717, 1.165) is 11.1 Å². The summed E-state index contributed by atoms with van der Waals surface area (Å²) in [4.78, 5) is 0. The highest BCUT2D eigenvalue weighted by molar-refractivity contribution is 9.10. The zero-order valence-corrected chi connectivity index (χ0v) is 11.5. The van der Waals surface area contributed by atoms with Crippen LogP contribution in [0.5, 0.6) is 11.5 Å². The quantitative estimate of drug-likeness (QED) is 0.924. The second-order valence-electron chi connectivity index (χ2n) is 3.98. The van der Waals surface area contributed by atoms with Crippen LogP contribution in [0.3, 0.4) is 0 Å². The van der Waals surface area contributed by atoms with E-state index in [-0.39, 0.29) is 5.82 Å². The minimum Gasteiger partial charge on any atom is -0.457 e. The van der Waals surface area contributed by atoms with E-state index in [4.69, 9.17) is 10.5 Å². The van der Waals surface area contributed by atoms with E-state index in [9.17, 15) is 4.39 Å². The van der Waals surface area contributed by atoms with E-state index in [0.29, 0.717) is 22.5 Å². The lowest BCUT2D eigenvalue weighted by atomic mass is 10.1. The van der Waals surface area contributed by atoms with E-state index in [2.05, 4.69) is 15.9 Å². The summed E-state index contributed by atoms with van der Waals surface area (Å²) in [5.41, 5.74) is 7.55. The number of hydrogen-bond acceptors (Lipinski definition) is 2. The van der Waals surface area contributed by atoms with Crippen LogP contribution in [-0.2, 0) is 6.54 Å². The molecule has 2 N–H and O–H groups in total. The van der Waals surface area contributed by atoms with Crippen LogP contribution in [0.1, 0.15) is 11.1 Å². The number of rotatable bonds is 3. The van der Waals surface area contributed by atoms with Gasteiger partial charge in [0.25, 0.3) is 0 Å². The van der Waals surface area contributed by atoms with Crippen molar-refractivity contribution >= 4 is 15.9 Å². The highest BCUT2D eigenvalue weighted by Gasteiger charge is 2.05. The maximum Gasteiger partial charge on any atom is 0.141 e. The Bertz CT molecular complexity index is 572. The van der Waals surface area contributed by atoms with Crippen molar-refractivity contribution in [1.82, 2.24) is 0 Å². The van der Waals surface area contributed by atoms with Gasteiger partial charge < -0.3 is 10.5 Å². The van der Waals surface area contributed by atoms with Gasteiger partial charge in [0.1, 0.15) is 17.3 Å². The lowest BCUT2D eigenvalue weighted by molar-refractivity contribution is 0.472. The normalized spacial score (nSPS) is 10.4. The van der Waals surface area contributed by atoms with Gasteiger partial charge in [-0.15, -0.1) is 0 Å². The molecule has 0 saturated carbocycles. The van der Waals surface area contributed by atoms with E-state index >= 15 is 0 Å². The maximum absolute atomic E-state index is 13.4. The van der Waals surface area contributed by atoms with E-state index in [1.807, 2.05) is 25.1 Å². The Kier molecular flexibility index (Phi) is 3.99. The van der Waals surface area contributed by atoms with Crippen molar-refractivity contribution in [2.45, 2.75) is 13.5 Å². The molecule has 0 bridgehead atoms. The second kappa shape index (κ2) is 5.50. The van der Waals surface area contributed by atoms with Gasteiger partial charge in [0, 0.05) is 12.6 Å². The van der Waals surface area contributed by atoms with Crippen LogP contribution in [0, 0.1) is 12.7 Å². The summed E-state index contributed by atoms with van der Waals surface area (Å²) in [7, 11) is 0. The van der Waals surface area contributed by atoms with Gasteiger partial charge in [0.05, 0.1) is 4.47 Å². The van der Waals surface area contributed by atoms with Gasteiger partial charge in [0.15, 0.2) is 0 Å². The average Bonchev–Trinajstić information content (AvgIpc) is 2.36. The maximum atomic E-state index is 13.4. The Morgan fingerprint density at radius 1 is 1.22 bits per heavy atom. The Hall–Kier alpha value is -1.39. The second-order valence-corrected chi connectivity index (χ2v) is 4.84. The lowest BCUT2D eigenvalue weighted by Crippen LogP contribution is -1.97. The van der Waals surface area contributed by atoms with Gasteiger partial charge in [-0.1, -0.05) is 12.1 Å². The predicted octanol–water partition coefficient (Wildman–Crippen LogP) is 4.15. The highest BCUT2D eigenvalue weighted by Crippen LogP contribution is 2.28. The summed E-state index contributed by atoms with van der Waals surface area (Å²) in [5.74, 6) is 0.813. The molecule has 0 aliphatic heterocycles. The van der Waals surface area contributed by atoms with Gasteiger partial charge in [-0.25, -0.2) is 4.39 Å². The first kappa shape index (κ1) is 13.1. The van der Waals surface area contributed by atoms with Gasteiger partial charge in [0.2, 0.25) is 0 Å². The fourth-order valence-corrected chi connectivity index (χ4v) is 1.80. The lowest BCUT2D eigenvalue weighted by Gasteiger charge is -2.10. The van der Waals surface area contributed by atoms with Gasteiger partial charge in [-0.2, -0.15) is 0 Å². The van der Waals surface area contributed by atoms with E-state index in [1.54, 1.807) is 12.1 Å². The fourth-order valence-electron chi connectivity index (χ4n) is 1.55. The Morgan fingerprint density at radius 2 is 2.00 bits per heavy atom. The van der Waals surface area contributed by atoms with E-state index < -0.39 is 0 Å². The summed E-state index contributed by atoms with van der Waals surface area (Å²) in [6, 6.07) is 10.4. The zero-order valence-electron chi connectivity index (χ0n) is 9.91. The molecule has 2 aromatic carbocycles. The summed E-state index contributed by atoms with van der Waals surface area (Å²) in [6.07, 6.45) is 0. The van der Waals surface area contributed by atoms with Crippen molar-refractivity contribution in [3.63, 3.8) is 0 Å². The van der Waals surface area contributed by atoms with Crippen LogP contribution in [0.4, 0.5) is 4.39 Å². The van der Waals surface area contributed by atoms with E-state index in [1.165, 1.54) is 6.07 Å². The molecule has 0 radical (unpaired) electrons. The minimum atomic E-state index is -0.347. The van der Waals surface area contributed by atoms with Crippen LogP contribution < -0.4 is 10.5 Å². The molecule has 0 amide bonds. The molecule has 0 aliphatic rings.